The lowest BCUT2D eigenvalue weighted by Crippen LogP contribution is -2.27. The van der Waals surface area contributed by atoms with Crippen molar-refractivity contribution in [2.75, 3.05) is 13.1 Å². The van der Waals surface area contributed by atoms with Crippen LogP contribution in [0, 0.1) is 12.8 Å². The van der Waals surface area contributed by atoms with Gasteiger partial charge in [-0.05, 0) is 44.2 Å². The van der Waals surface area contributed by atoms with E-state index in [-0.39, 0.29) is 0 Å². The predicted octanol–water partition coefficient (Wildman–Crippen LogP) is 2.88. The molecule has 4 nitrogen and oxygen atoms in total. The molecule has 2 unspecified atom stereocenters. The first-order chi connectivity index (χ1) is 9.67. The van der Waals surface area contributed by atoms with E-state index in [1.165, 1.54) is 6.42 Å². The largest absolute Gasteiger partial charge is 0.440 e. The summed E-state index contributed by atoms with van der Waals surface area (Å²) < 4.78 is 5.81. The smallest absolute Gasteiger partial charge is 0.236 e. The highest BCUT2D eigenvalue weighted by Gasteiger charge is 2.29. The lowest BCUT2D eigenvalue weighted by molar-refractivity contribution is 0.252. The quantitative estimate of drug-likeness (QED) is 0.941. The van der Waals surface area contributed by atoms with Crippen molar-refractivity contribution in [1.29, 1.82) is 0 Å². The zero-order valence-electron chi connectivity index (χ0n) is 12.0. The maximum Gasteiger partial charge on any atom is 0.236 e. The van der Waals surface area contributed by atoms with Crippen molar-refractivity contribution in [1.82, 2.24) is 9.88 Å². The van der Waals surface area contributed by atoms with Crippen molar-refractivity contribution in [3.63, 3.8) is 0 Å². The molecule has 0 saturated carbocycles. The van der Waals surface area contributed by atoms with Crippen molar-refractivity contribution < 1.29 is 4.42 Å². The number of aromatic nitrogens is 1. The van der Waals surface area contributed by atoms with Gasteiger partial charge in [0.1, 0.15) is 5.76 Å². The fourth-order valence-electron chi connectivity index (χ4n) is 2.88. The zero-order valence-corrected chi connectivity index (χ0v) is 12.8. The van der Waals surface area contributed by atoms with Crippen LogP contribution in [0.4, 0.5) is 0 Å². The summed E-state index contributed by atoms with van der Waals surface area (Å²) in [4.78, 5) is 8.22. The molecule has 0 spiro atoms. The molecule has 0 aromatic carbocycles. The lowest BCUT2D eigenvalue weighted by Gasteiger charge is -2.19. The van der Waals surface area contributed by atoms with E-state index in [1.807, 2.05) is 24.4 Å². The molecule has 0 bridgehead atoms. The molecule has 2 atom stereocenters. The average Bonchev–Trinajstić information content (AvgIpc) is 3.12. The number of nitrogens with two attached hydrogens (primary N) is 1. The number of aryl methyl sites for hydroxylation is 1. The molecule has 1 aliphatic heterocycles. The molecule has 108 valence electrons. The van der Waals surface area contributed by atoms with Gasteiger partial charge in [-0.15, -0.1) is 11.3 Å². The second-order valence-corrected chi connectivity index (χ2v) is 6.56. The fraction of sp³-hybridized carbons (Fsp3) is 0.533. The Kier molecular flexibility index (Phi) is 3.92. The van der Waals surface area contributed by atoms with Crippen LogP contribution in [0.3, 0.4) is 0 Å². The summed E-state index contributed by atoms with van der Waals surface area (Å²) in [5.41, 5.74) is 6.84. The van der Waals surface area contributed by atoms with E-state index >= 15 is 0 Å². The van der Waals surface area contributed by atoms with Gasteiger partial charge in [-0.2, -0.15) is 0 Å². The molecule has 2 aromatic heterocycles. The van der Waals surface area contributed by atoms with Gasteiger partial charge in [-0.25, -0.2) is 4.98 Å². The summed E-state index contributed by atoms with van der Waals surface area (Å²) in [6.07, 6.45) is 1.19. The maximum absolute atomic E-state index is 5.81. The van der Waals surface area contributed by atoms with E-state index in [0.717, 1.165) is 41.9 Å². The second-order valence-electron chi connectivity index (χ2n) is 5.62. The van der Waals surface area contributed by atoms with Crippen molar-refractivity contribution >= 4 is 11.3 Å². The van der Waals surface area contributed by atoms with E-state index in [4.69, 9.17) is 10.2 Å². The van der Waals surface area contributed by atoms with Crippen molar-refractivity contribution in [2.24, 2.45) is 11.7 Å². The van der Waals surface area contributed by atoms with E-state index in [9.17, 15) is 0 Å². The Morgan fingerprint density at radius 3 is 3.05 bits per heavy atom. The number of thiophene rings is 1. The number of likely N-dealkylation sites (tertiary alicyclic amines) is 1. The van der Waals surface area contributed by atoms with Crippen LogP contribution in [0.15, 0.2) is 21.9 Å². The van der Waals surface area contributed by atoms with Crippen LogP contribution in [0.5, 0.6) is 0 Å². The zero-order chi connectivity index (χ0) is 14.1. The lowest BCUT2D eigenvalue weighted by atomic mass is 10.1. The van der Waals surface area contributed by atoms with Crippen LogP contribution >= 0.6 is 11.3 Å². The van der Waals surface area contributed by atoms with Crippen molar-refractivity contribution in [3.05, 3.63) is 29.0 Å². The highest BCUT2D eigenvalue weighted by atomic mass is 32.1. The monoisotopic (exact) mass is 291 g/mol. The Balaban J connectivity index is 1.75. The highest BCUT2D eigenvalue weighted by molar-refractivity contribution is 7.13. The van der Waals surface area contributed by atoms with Gasteiger partial charge in [0.2, 0.25) is 5.89 Å². The Morgan fingerprint density at radius 1 is 1.55 bits per heavy atom. The third-order valence-electron chi connectivity index (χ3n) is 4.10. The molecule has 1 aliphatic rings. The van der Waals surface area contributed by atoms with Gasteiger partial charge >= 0.3 is 0 Å². The van der Waals surface area contributed by atoms with Crippen molar-refractivity contribution in [2.45, 2.75) is 32.9 Å². The molecule has 0 radical (unpaired) electrons. The fourth-order valence-corrected chi connectivity index (χ4v) is 3.53. The molecular weight excluding hydrogens is 270 g/mol. The van der Waals surface area contributed by atoms with Crippen LogP contribution < -0.4 is 5.73 Å². The van der Waals surface area contributed by atoms with Gasteiger partial charge in [0, 0.05) is 19.1 Å². The Bertz CT molecular complexity index is 564. The summed E-state index contributed by atoms with van der Waals surface area (Å²) in [6, 6.07) is 4.64. The van der Waals surface area contributed by atoms with Gasteiger partial charge in [-0.3, -0.25) is 4.90 Å². The Morgan fingerprint density at radius 2 is 2.40 bits per heavy atom. The van der Waals surface area contributed by atoms with E-state index < -0.39 is 0 Å². The maximum atomic E-state index is 5.81. The topological polar surface area (TPSA) is 55.3 Å². The summed E-state index contributed by atoms with van der Waals surface area (Å²) >= 11 is 1.66. The van der Waals surface area contributed by atoms with Gasteiger partial charge in [0.05, 0.1) is 10.6 Å². The number of hydrogen-bond donors (Lipinski definition) is 1. The summed E-state index contributed by atoms with van der Waals surface area (Å²) in [5.74, 6) is 2.29. The first-order valence-corrected chi connectivity index (χ1v) is 7.99. The molecule has 3 rings (SSSR count). The number of hydrogen-bond acceptors (Lipinski definition) is 5. The first-order valence-electron chi connectivity index (χ1n) is 7.11. The van der Waals surface area contributed by atoms with Crippen LogP contribution in [0.25, 0.3) is 10.8 Å². The number of rotatable bonds is 4. The SMILES string of the molecule is Cc1oc(-c2cccs2)nc1CN1CC(CN)CC1C. The Hall–Kier alpha value is -1.17. The third-order valence-corrected chi connectivity index (χ3v) is 4.96. The average molecular weight is 291 g/mol. The minimum Gasteiger partial charge on any atom is -0.440 e. The molecule has 2 aromatic rings. The van der Waals surface area contributed by atoms with E-state index in [0.29, 0.717) is 12.0 Å². The van der Waals surface area contributed by atoms with Crippen molar-refractivity contribution in [3.8, 4) is 10.8 Å². The third kappa shape index (κ3) is 2.66. The van der Waals surface area contributed by atoms with Crippen LogP contribution in [-0.4, -0.2) is 29.0 Å². The molecule has 0 amide bonds. The van der Waals surface area contributed by atoms with Gasteiger partial charge in [0.15, 0.2) is 0 Å². The Labute approximate surface area is 123 Å². The number of oxazole rings is 1. The summed E-state index contributed by atoms with van der Waals surface area (Å²) in [5, 5.41) is 2.04. The number of nitrogens with zero attached hydrogens (tertiary/aromatic N) is 2. The standard InChI is InChI=1S/C15H21N3OS/c1-10-6-12(7-16)8-18(10)9-13-11(2)19-15(17-13)14-4-3-5-20-14/h3-5,10,12H,6-9,16H2,1-2H3. The minimum absolute atomic E-state index is 0.574. The predicted molar refractivity (Wildman–Crippen MR) is 81.6 cm³/mol. The molecule has 2 N–H and O–H groups in total. The molecular formula is C15H21N3OS. The molecule has 1 saturated heterocycles. The molecule has 3 heterocycles. The summed E-state index contributed by atoms with van der Waals surface area (Å²) in [6.45, 7) is 6.97. The molecule has 5 heteroatoms. The van der Waals surface area contributed by atoms with Gasteiger partial charge < -0.3 is 10.2 Å². The molecule has 0 aliphatic carbocycles. The minimum atomic E-state index is 0.574. The van der Waals surface area contributed by atoms with E-state index in [1.54, 1.807) is 11.3 Å². The first kappa shape index (κ1) is 13.8. The normalized spacial score (nSPS) is 23.6. The highest BCUT2D eigenvalue weighted by Crippen LogP contribution is 2.29. The summed E-state index contributed by atoms with van der Waals surface area (Å²) in [7, 11) is 0. The van der Waals surface area contributed by atoms with Crippen LogP contribution in [-0.2, 0) is 6.54 Å². The van der Waals surface area contributed by atoms with E-state index in [2.05, 4.69) is 16.8 Å². The second kappa shape index (κ2) is 5.68. The van der Waals surface area contributed by atoms with Crippen LogP contribution in [0.1, 0.15) is 24.8 Å². The van der Waals surface area contributed by atoms with Crippen LogP contribution in [0.2, 0.25) is 0 Å². The molecule has 20 heavy (non-hydrogen) atoms. The van der Waals surface area contributed by atoms with Gasteiger partial charge in [-0.1, -0.05) is 6.07 Å². The van der Waals surface area contributed by atoms with Gasteiger partial charge in [0.25, 0.3) is 0 Å². The molecule has 1 fully saturated rings.